The third-order valence-electron chi connectivity index (χ3n) is 2.10. The quantitative estimate of drug-likeness (QED) is 0.543. The summed E-state index contributed by atoms with van der Waals surface area (Å²) in [5.74, 6) is -0.981. The molecule has 0 saturated heterocycles. The molecule has 0 heterocycles. The smallest absolute Gasteiger partial charge is 0.550 e. The van der Waals surface area contributed by atoms with Crippen molar-refractivity contribution in [3.8, 4) is 0 Å². The Hall–Kier alpha value is 0.326. The van der Waals surface area contributed by atoms with E-state index < -0.39 is 5.97 Å². The number of carboxylic acid groups (broad SMARTS) is 1. The van der Waals surface area contributed by atoms with Gasteiger partial charge >= 0.3 is 51.4 Å². The number of aryl methyl sites for hydroxylation is 2. The molecule has 0 unspecified atom stereocenters. The zero-order valence-electron chi connectivity index (χ0n) is 8.75. The van der Waals surface area contributed by atoms with E-state index in [1.807, 2.05) is 24.3 Å². The van der Waals surface area contributed by atoms with Crippen molar-refractivity contribution in [3.63, 3.8) is 0 Å². The van der Waals surface area contributed by atoms with Crippen LogP contribution in [0.15, 0.2) is 24.3 Å². The van der Waals surface area contributed by atoms with Crippen molar-refractivity contribution in [2.45, 2.75) is 26.2 Å². The summed E-state index contributed by atoms with van der Waals surface area (Å²) in [5, 5.41) is 10.3. The van der Waals surface area contributed by atoms with Crippen LogP contribution in [-0.2, 0) is 17.6 Å². The van der Waals surface area contributed by atoms with Crippen LogP contribution in [0.3, 0.4) is 0 Å². The number of benzene rings is 1. The van der Waals surface area contributed by atoms with Gasteiger partial charge in [0.25, 0.3) is 0 Å². The molecule has 0 spiro atoms. The molecular weight excluding hydrogens is 203 g/mol. The van der Waals surface area contributed by atoms with Crippen molar-refractivity contribution in [2.75, 3.05) is 0 Å². The molecule has 0 aliphatic heterocycles. The molecule has 0 radical (unpaired) electrons. The second-order valence-electron chi connectivity index (χ2n) is 2.99. The molecule has 0 atom stereocenters. The van der Waals surface area contributed by atoms with E-state index in [1.165, 1.54) is 5.56 Å². The molecule has 0 fully saturated rings. The number of hydrogen-bond acceptors (Lipinski definition) is 2. The Kier molecular flexibility index (Phi) is 7.77. The summed E-state index contributed by atoms with van der Waals surface area (Å²) in [6.07, 6.45) is 1.63. The van der Waals surface area contributed by atoms with Crippen LogP contribution in [0.25, 0.3) is 0 Å². The number of carbonyl (C=O) groups is 1. The Bertz CT molecular complexity index is 297. The van der Waals surface area contributed by atoms with Gasteiger partial charge in [-0.1, -0.05) is 31.2 Å². The predicted octanol–water partition coefficient (Wildman–Crippen LogP) is -2.06. The zero-order chi connectivity index (χ0) is 9.68. The maximum atomic E-state index is 10.3. The van der Waals surface area contributed by atoms with E-state index in [9.17, 15) is 9.90 Å². The van der Waals surface area contributed by atoms with E-state index in [-0.39, 0.29) is 57.8 Å². The molecule has 0 aromatic heterocycles. The van der Waals surface area contributed by atoms with E-state index in [4.69, 9.17) is 0 Å². The van der Waals surface area contributed by atoms with Gasteiger partial charge in [-0.05, 0) is 30.4 Å². The van der Waals surface area contributed by atoms with Gasteiger partial charge in [0.1, 0.15) is 0 Å². The Balaban J connectivity index is 0.00000169. The van der Waals surface area contributed by atoms with Crippen molar-refractivity contribution in [2.24, 2.45) is 0 Å². The molecule has 14 heavy (non-hydrogen) atoms. The molecule has 1 aromatic carbocycles. The summed E-state index contributed by atoms with van der Waals surface area (Å²) >= 11 is 0. The number of hydrogen-bond donors (Lipinski definition) is 0. The Morgan fingerprint density at radius 1 is 1.29 bits per heavy atom. The van der Waals surface area contributed by atoms with Crippen molar-refractivity contribution < 1.29 is 61.3 Å². The Morgan fingerprint density at radius 2 is 1.86 bits per heavy atom. The van der Waals surface area contributed by atoms with Gasteiger partial charge in [-0.25, -0.2) is 0 Å². The van der Waals surface area contributed by atoms with Crippen LogP contribution in [0.4, 0.5) is 0 Å². The van der Waals surface area contributed by atoms with Crippen molar-refractivity contribution in [3.05, 3.63) is 35.4 Å². The number of rotatable bonds is 4. The van der Waals surface area contributed by atoms with Gasteiger partial charge in [0.2, 0.25) is 0 Å². The SMILES string of the molecule is CCc1ccccc1CCC(=O)[O-].[K+]. The van der Waals surface area contributed by atoms with Crippen molar-refractivity contribution >= 4 is 5.97 Å². The first kappa shape index (κ1) is 14.3. The summed E-state index contributed by atoms with van der Waals surface area (Å²) in [7, 11) is 0. The third kappa shape index (κ3) is 4.71. The largest absolute Gasteiger partial charge is 1.00 e. The van der Waals surface area contributed by atoms with Crippen LogP contribution in [0.1, 0.15) is 24.5 Å². The first-order valence-corrected chi connectivity index (χ1v) is 4.50. The average Bonchev–Trinajstić information content (AvgIpc) is 2.15. The molecule has 3 heteroatoms. The van der Waals surface area contributed by atoms with Crippen molar-refractivity contribution in [1.29, 1.82) is 0 Å². The van der Waals surface area contributed by atoms with E-state index in [1.54, 1.807) is 0 Å². The van der Waals surface area contributed by atoms with Gasteiger partial charge in [0.15, 0.2) is 0 Å². The van der Waals surface area contributed by atoms with Gasteiger partial charge in [0.05, 0.1) is 0 Å². The zero-order valence-corrected chi connectivity index (χ0v) is 11.9. The summed E-state index contributed by atoms with van der Waals surface area (Å²) in [5.41, 5.74) is 2.35. The molecule has 0 aliphatic carbocycles. The first-order valence-electron chi connectivity index (χ1n) is 4.50. The normalized spacial score (nSPS) is 9.21. The molecule has 2 nitrogen and oxygen atoms in total. The molecule has 0 N–H and O–H groups in total. The summed E-state index contributed by atoms with van der Waals surface area (Å²) in [4.78, 5) is 10.3. The van der Waals surface area contributed by atoms with Gasteiger partial charge in [-0.2, -0.15) is 0 Å². The maximum absolute atomic E-state index is 10.3. The van der Waals surface area contributed by atoms with Crippen LogP contribution in [0.5, 0.6) is 0 Å². The standard InChI is InChI=1S/C11H14O2.K/c1-2-9-5-3-4-6-10(9)7-8-11(12)13;/h3-6H,2,7-8H2,1H3,(H,12,13);/q;+1/p-1. The van der Waals surface area contributed by atoms with Crippen LogP contribution >= 0.6 is 0 Å². The topological polar surface area (TPSA) is 40.1 Å². The van der Waals surface area contributed by atoms with Crippen LogP contribution in [0, 0.1) is 0 Å². The Labute approximate surface area is 127 Å². The van der Waals surface area contributed by atoms with Gasteiger partial charge < -0.3 is 9.90 Å². The fraction of sp³-hybridized carbons (Fsp3) is 0.364. The summed E-state index contributed by atoms with van der Waals surface area (Å²) in [6.45, 7) is 2.07. The number of carboxylic acids is 1. The average molecular weight is 216 g/mol. The maximum Gasteiger partial charge on any atom is 1.00 e. The summed E-state index contributed by atoms with van der Waals surface area (Å²) in [6, 6.07) is 7.91. The minimum atomic E-state index is -0.981. The van der Waals surface area contributed by atoms with E-state index in [0.717, 1.165) is 12.0 Å². The van der Waals surface area contributed by atoms with Crippen LogP contribution in [0.2, 0.25) is 0 Å². The van der Waals surface area contributed by atoms with E-state index in [0.29, 0.717) is 6.42 Å². The van der Waals surface area contributed by atoms with E-state index in [2.05, 4.69) is 6.92 Å². The fourth-order valence-corrected chi connectivity index (χ4v) is 1.38. The monoisotopic (exact) mass is 216 g/mol. The minimum Gasteiger partial charge on any atom is -0.550 e. The first-order chi connectivity index (χ1) is 6.24. The molecule has 0 aliphatic rings. The molecule has 1 rings (SSSR count). The van der Waals surface area contributed by atoms with E-state index >= 15 is 0 Å². The van der Waals surface area contributed by atoms with Gasteiger partial charge in [-0.15, -0.1) is 0 Å². The van der Waals surface area contributed by atoms with Crippen LogP contribution < -0.4 is 56.5 Å². The molecule has 0 bridgehead atoms. The second-order valence-corrected chi connectivity index (χ2v) is 2.99. The fourth-order valence-electron chi connectivity index (χ4n) is 1.38. The van der Waals surface area contributed by atoms with Crippen LogP contribution in [-0.4, -0.2) is 5.97 Å². The molecule has 70 valence electrons. The number of aliphatic carboxylic acids is 1. The molecule has 1 aromatic rings. The third-order valence-corrected chi connectivity index (χ3v) is 2.10. The van der Waals surface area contributed by atoms with Crippen molar-refractivity contribution in [1.82, 2.24) is 0 Å². The second kappa shape index (κ2) is 7.60. The minimum absolute atomic E-state index is 0. The van der Waals surface area contributed by atoms with Gasteiger partial charge in [0, 0.05) is 5.97 Å². The molecular formula is C11H13KO2. The predicted molar refractivity (Wildman–Crippen MR) is 49.1 cm³/mol. The Morgan fingerprint density at radius 3 is 2.36 bits per heavy atom. The summed E-state index contributed by atoms with van der Waals surface area (Å²) < 4.78 is 0. The molecule has 0 amide bonds. The van der Waals surface area contributed by atoms with Gasteiger partial charge in [-0.3, -0.25) is 0 Å². The molecule has 0 saturated carbocycles. The number of carbonyl (C=O) groups excluding carboxylic acids is 1.